The number of carbonyl (C=O) groups excluding carboxylic acids is 3. The van der Waals surface area contributed by atoms with Crippen molar-refractivity contribution >= 4 is 23.4 Å². The molecule has 0 radical (unpaired) electrons. The van der Waals surface area contributed by atoms with E-state index in [1.165, 1.54) is 17.0 Å². The number of benzene rings is 3. The molecule has 1 aliphatic heterocycles. The molecule has 3 amide bonds. The predicted molar refractivity (Wildman–Crippen MR) is 156 cm³/mol. The Bertz CT molecular complexity index is 1760. The van der Waals surface area contributed by atoms with Gasteiger partial charge in [0.05, 0.1) is 12.6 Å². The molecule has 45 heavy (non-hydrogen) atoms. The molecule has 0 fully saturated rings. The molecule has 3 aromatic carbocycles. The number of fused-ring (bicyclic) bond motifs is 1. The maximum Gasteiger partial charge on any atom is 0.270 e. The summed E-state index contributed by atoms with van der Waals surface area (Å²) >= 11 is 0. The highest BCUT2D eigenvalue weighted by molar-refractivity contribution is 6.08. The van der Waals surface area contributed by atoms with Gasteiger partial charge in [0.15, 0.2) is 0 Å². The van der Waals surface area contributed by atoms with E-state index in [2.05, 4.69) is 31.5 Å². The summed E-state index contributed by atoms with van der Waals surface area (Å²) in [4.78, 5) is 48.8. The van der Waals surface area contributed by atoms with Gasteiger partial charge in [-0.1, -0.05) is 24.3 Å². The first-order valence-electron chi connectivity index (χ1n) is 13.6. The van der Waals surface area contributed by atoms with Gasteiger partial charge in [0.1, 0.15) is 41.3 Å². The van der Waals surface area contributed by atoms with Crippen molar-refractivity contribution in [3.05, 3.63) is 124 Å². The van der Waals surface area contributed by atoms with Gasteiger partial charge in [0.25, 0.3) is 17.7 Å². The molecule has 1 aromatic heterocycles. The van der Waals surface area contributed by atoms with Crippen molar-refractivity contribution in [2.45, 2.75) is 25.7 Å². The molecular formula is C30H28F3N9O3. The van der Waals surface area contributed by atoms with Crippen LogP contribution in [0.1, 0.15) is 65.8 Å². The standard InChI is InChI=1S/C30H28F3N9O3/c1-15-6-16(2-5-22(15)33)12-36-28(43)23-11-24(38-14-37-23)29(44)39-25-13-42(30(45)18-7-19(31)10-20(32)8-18)26-9-17(3-4-21(25)26)27(40-34)41-35/h2-11,14,25,27,40-41H,12-13,34-35H2,1H3,(H,36,43)(H,39,44). The van der Waals surface area contributed by atoms with E-state index in [0.717, 1.165) is 18.5 Å². The van der Waals surface area contributed by atoms with Crippen LogP contribution in [0.3, 0.4) is 0 Å². The maximum absolute atomic E-state index is 14.0. The second kappa shape index (κ2) is 13.2. The van der Waals surface area contributed by atoms with Crippen LogP contribution < -0.4 is 38.1 Å². The van der Waals surface area contributed by atoms with E-state index >= 15 is 0 Å². The lowest BCUT2D eigenvalue weighted by Crippen LogP contribution is -2.42. The van der Waals surface area contributed by atoms with Gasteiger partial charge in [-0.25, -0.2) is 34.0 Å². The minimum atomic E-state index is -0.924. The highest BCUT2D eigenvalue weighted by atomic mass is 19.1. The molecule has 1 atom stereocenters. The Morgan fingerprint density at radius 1 is 0.911 bits per heavy atom. The number of aromatic nitrogens is 2. The topological polar surface area (TPSA) is 180 Å². The zero-order valence-electron chi connectivity index (χ0n) is 23.8. The van der Waals surface area contributed by atoms with E-state index in [-0.39, 0.29) is 35.9 Å². The summed E-state index contributed by atoms with van der Waals surface area (Å²) in [5.41, 5.74) is 7.04. The van der Waals surface area contributed by atoms with Crippen LogP contribution >= 0.6 is 0 Å². The van der Waals surface area contributed by atoms with Crippen LogP contribution in [-0.2, 0) is 6.54 Å². The molecule has 8 N–H and O–H groups in total. The zero-order valence-corrected chi connectivity index (χ0v) is 23.8. The van der Waals surface area contributed by atoms with E-state index in [0.29, 0.717) is 34.0 Å². The molecule has 0 saturated carbocycles. The molecule has 4 aromatic rings. The zero-order chi connectivity index (χ0) is 32.2. The van der Waals surface area contributed by atoms with Gasteiger partial charge in [-0.15, -0.1) is 0 Å². The predicted octanol–water partition coefficient (Wildman–Crippen LogP) is 2.19. The number of hydrogen-bond acceptors (Lipinski definition) is 9. The SMILES string of the molecule is Cc1cc(CNC(=O)c2cc(C(=O)NC3CN(C(=O)c4cc(F)cc(F)c4)c4cc(C(NN)NN)ccc43)ncn2)ccc1F. The summed E-state index contributed by atoms with van der Waals surface area (Å²) in [6.07, 6.45) is 0.361. The van der Waals surface area contributed by atoms with E-state index in [9.17, 15) is 27.6 Å². The van der Waals surface area contributed by atoms with Crippen molar-refractivity contribution in [1.82, 2.24) is 31.5 Å². The van der Waals surface area contributed by atoms with Crippen LogP contribution in [0.2, 0.25) is 0 Å². The van der Waals surface area contributed by atoms with E-state index in [4.69, 9.17) is 11.7 Å². The van der Waals surface area contributed by atoms with Crippen molar-refractivity contribution in [3.8, 4) is 0 Å². The molecule has 1 unspecified atom stereocenters. The quantitative estimate of drug-likeness (QED) is 0.0930. The Hall–Kier alpha value is -5.22. The number of carbonyl (C=O) groups is 3. The molecule has 5 rings (SSSR count). The number of hydrogen-bond donors (Lipinski definition) is 6. The fraction of sp³-hybridized carbons (Fsp3) is 0.167. The van der Waals surface area contributed by atoms with Crippen LogP contribution in [0.4, 0.5) is 18.9 Å². The van der Waals surface area contributed by atoms with Crippen molar-refractivity contribution < 1.29 is 27.6 Å². The Morgan fingerprint density at radius 3 is 2.27 bits per heavy atom. The number of aryl methyl sites for hydroxylation is 1. The molecule has 0 aliphatic carbocycles. The first-order valence-corrected chi connectivity index (χ1v) is 13.6. The second-order valence-corrected chi connectivity index (χ2v) is 10.2. The number of nitrogens with two attached hydrogens (primary N) is 2. The van der Waals surface area contributed by atoms with Gasteiger partial charge in [0.2, 0.25) is 0 Å². The molecule has 232 valence electrons. The van der Waals surface area contributed by atoms with E-state index < -0.39 is 41.6 Å². The number of nitrogens with one attached hydrogen (secondary N) is 4. The summed E-state index contributed by atoms with van der Waals surface area (Å²) in [5.74, 6) is 6.96. The van der Waals surface area contributed by atoms with Gasteiger partial charge in [-0.2, -0.15) is 0 Å². The van der Waals surface area contributed by atoms with Crippen LogP contribution in [0.5, 0.6) is 0 Å². The van der Waals surface area contributed by atoms with Crippen LogP contribution in [0, 0.1) is 24.4 Å². The Balaban J connectivity index is 1.37. The third-order valence-corrected chi connectivity index (χ3v) is 7.22. The molecule has 2 heterocycles. The summed E-state index contributed by atoms with van der Waals surface area (Å²) < 4.78 is 41.5. The first kappa shape index (κ1) is 31.2. The fourth-order valence-corrected chi connectivity index (χ4v) is 4.96. The summed E-state index contributed by atoms with van der Waals surface area (Å²) in [6.45, 7) is 1.62. The summed E-state index contributed by atoms with van der Waals surface area (Å²) in [6, 6.07) is 12.3. The van der Waals surface area contributed by atoms with E-state index in [1.54, 1.807) is 37.3 Å². The summed E-state index contributed by atoms with van der Waals surface area (Å²) in [5, 5.41) is 5.47. The van der Waals surface area contributed by atoms with Crippen LogP contribution in [-0.4, -0.2) is 34.2 Å². The highest BCUT2D eigenvalue weighted by Gasteiger charge is 2.35. The lowest BCUT2D eigenvalue weighted by Gasteiger charge is -2.20. The lowest BCUT2D eigenvalue weighted by atomic mass is 10.0. The van der Waals surface area contributed by atoms with Crippen molar-refractivity contribution in [1.29, 1.82) is 0 Å². The Kier molecular flexibility index (Phi) is 9.15. The molecule has 15 heteroatoms. The second-order valence-electron chi connectivity index (χ2n) is 10.2. The minimum absolute atomic E-state index is 0.0787. The largest absolute Gasteiger partial charge is 0.347 e. The third kappa shape index (κ3) is 6.81. The van der Waals surface area contributed by atoms with Gasteiger partial charge >= 0.3 is 0 Å². The monoisotopic (exact) mass is 619 g/mol. The maximum atomic E-state index is 14.0. The summed E-state index contributed by atoms with van der Waals surface area (Å²) in [7, 11) is 0. The molecule has 0 bridgehead atoms. The number of rotatable bonds is 9. The molecular weight excluding hydrogens is 591 g/mol. The minimum Gasteiger partial charge on any atom is -0.347 e. The van der Waals surface area contributed by atoms with Gasteiger partial charge in [0, 0.05) is 35.5 Å². The van der Waals surface area contributed by atoms with Crippen molar-refractivity contribution in [2.24, 2.45) is 11.7 Å². The highest BCUT2D eigenvalue weighted by Crippen LogP contribution is 2.37. The molecule has 0 spiro atoms. The number of nitrogens with zero attached hydrogens (tertiary/aromatic N) is 3. The Morgan fingerprint density at radius 2 is 1.60 bits per heavy atom. The van der Waals surface area contributed by atoms with Crippen LogP contribution in [0.25, 0.3) is 0 Å². The van der Waals surface area contributed by atoms with E-state index in [1.807, 2.05) is 0 Å². The molecule has 12 nitrogen and oxygen atoms in total. The van der Waals surface area contributed by atoms with Gasteiger partial charge in [-0.05, 0) is 47.9 Å². The van der Waals surface area contributed by atoms with Crippen molar-refractivity contribution in [2.75, 3.05) is 11.4 Å². The average Bonchev–Trinajstić information content (AvgIpc) is 3.38. The lowest BCUT2D eigenvalue weighted by molar-refractivity contribution is 0.0924. The number of amides is 3. The van der Waals surface area contributed by atoms with Crippen LogP contribution in [0.15, 0.2) is 67.0 Å². The first-order chi connectivity index (χ1) is 21.6. The Labute approximate surface area is 255 Å². The number of hydrazine groups is 2. The van der Waals surface area contributed by atoms with Gasteiger partial charge < -0.3 is 15.5 Å². The van der Waals surface area contributed by atoms with Gasteiger partial charge in [-0.3, -0.25) is 26.1 Å². The number of anilines is 1. The normalized spacial score (nSPS) is 13.9. The smallest absolute Gasteiger partial charge is 0.270 e. The third-order valence-electron chi connectivity index (χ3n) is 7.22. The average molecular weight is 620 g/mol. The molecule has 1 aliphatic rings. The fourth-order valence-electron chi connectivity index (χ4n) is 4.96. The number of halogens is 3. The van der Waals surface area contributed by atoms with Crippen molar-refractivity contribution in [3.63, 3.8) is 0 Å². The molecule has 0 saturated heterocycles.